The number of hydrogen-bond donors (Lipinski definition) is 1. The Morgan fingerprint density at radius 3 is 2.71 bits per heavy atom. The molecular weight excluding hydrogens is 308 g/mol. The van der Waals surface area contributed by atoms with Gasteiger partial charge in [0.05, 0.1) is 32.6 Å². The van der Waals surface area contributed by atoms with Gasteiger partial charge in [0.15, 0.2) is 0 Å². The van der Waals surface area contributed by atoms with E-state index >= 15 is 0 Å². The number of benzene rings is 1. The van der Waals surface area contributed by atoms with Crippen molar-refractivity contribution in [1.82, 2.24) is 15.3 Å². The standard InChI is InChI=1S/C17H20N4O3/c1-23-15-4-2-13(3-5-15)16(22)19-12-14-6-7-18-17(20-14)21-8-10-24-11-9-21/h2-7H,8-12H2,1H3,(H,19,22). The lowest BCUT2D eigenvalue weighted by atomic mass is 10.2. The predicted octanol–water partition coefficient (Wildman–Crippen LogP) is 1.25. The topological polar surface area (TPSA) is 76.6 Å². The van der Waals surface area contributed by atoms with E-state index in [1.165, 1.54) is 0 Å². The minimum absolute atomic E-state index is 0.149. The molecule has 2 aromatic rings. The van der Waals surface area contributed by atoms with Gasteiger partial charge in [0.2, 0.25) is 5.95 Å². The fourth-order valence-corrected chi connectivity index (χ4v) is 2.41. The van der Waals surface area contributed by atoms with Gasteiger partial charge in [-0.25, -0.2) is 9.97 Å². The zero-order valence-electron chi connectivity index (χ0n) is 13.6. The summed E-state index contributed by atoms with van der Waals surface area (Å²) in [6.45, 7) is 3.28. The molecule has 7 nitrogen and oxygen atoms in total. The van der Waals surface area contributed by atoms with Crippen molar-refractivity contribution in [2.45, 2.75) is 6.54 Å². The number of anilines is 1. The van der Waals surface area contributed by atoms with E-state index in [1.807, 2.05) is 0 Å². The molecule has 2 heterocycles. The molecule has 1 aromatic heterocycles. The van der Waals surface area contributed by atoms with E-state index in [9.17, 15) is 4.79 Å². The van der Waals surface area contributed by atoms with Crippen LogP contribution in [0, 0.1) is 0 Å². The van der Waals surface area contributed by atoms with Crippen molar-refractivity contribution < 1.29 is 14.3 Å². The third-order valence-electron chi connectivity index (χ3n) is 3.78. The fourth-order valence-electron chi connectivity index (χ4n) is 2.41. The van der Waals surface area contributed by atoms with E-state index < -0.39 is 0 Å². The average Bonchev–Trinajstić information content (AvgIpc) is 2.67. The SMILES string of the molecule is COc1ccc(C(=O)NCc2ccnc(N3CCOCC3)n2)cc1. The van der Waals surface area contributed by atoms with Crippen LogP contribution in [0.4, 0.5) is 5.95 Å². The van der Waals surface area contributed by atoms with Crippen LogP contribution < -0.4 is 15.0 Å². The minimum atomic E-state index is -0.149. The summed E-state index contributed by atoms with van der Waals surface area (Å²) in [6.07, 6.45) is 1.71. The quantitative estimate of drug-likeness (QED) is 0.890. The molecule has 0 radical (unpaired) electrons. The molecular formula is C17H20N4O3. The number of nitrogens with zero attached hydrogens (tertiary/aromatic N) is 3. The third kappa shape index (κ3) is 3.99. The first kappa shape index (κ1) is 16.2. The van der Waals surface area contributed by atoms with E-state index in [0.717, 1.165) is 24.5 Å². The van der Waals surface area contributed by atoms with E-state index in [4.69, 9.17) is 9.47 Å². The Morgan fingerprint density at radius 2 is 2.00 bits per heavy atom. The maximum absolute atomic E-state index is 12.2. The number of aromatic nitrogens is 2. The normalized spacial score (nSPS) is 14.3. The molecule has 1 amide bonds. The van der Waals surface area contributed by atoms with Gasteiger partial charge in [-0.15, -0.1) is 0 Å². The zero-order valence-corrected chi connectivity index (χ0v) is 13.6. The van der Waals surface area contributed by atoms with Crippen molar-refractivity contribution in [3.8, 4) is 5.75 Å². The van der Waals surface area contributed by atoms with Crippen molar-refractivity contribution in [2.75, 3.05) is 38.3 Å². The number of ether oxygens (including phenoxy) is 2. The molecule has 0 atom stereocenters. The second kappa shape index (κ2) is 7.74. The van der Waals surface area contributed by atoms with Crippen molar-refractivity contribution in [3.63, 3.8) is 0 Å². The van der Waals surface area contributed by atoms with Gasteiger partial charge in [-0.1, -0.05) is 0 Å². The van der Waals surface area contributed by atoms with Gasteiger partial charge in [-0.05, 0) is 30.3 Å². The highest BCUT2D eigenvalue weighted by atomic mass is 16.5. The smallest absolute Gasteiger partial charge is 0.251 e. The predicted molar refractivity (Wildman–Crippen MR) is 89.2 cm³/mol. The summed E-state index contributed by atoms with van der Waals surface area (Å²) in [5, 5.41) is 2.87. The third-order valence-corrected chi connectivity index (χ3v) is 3.78. The first-order valence-electron chi connectivity index (χ1n) is 7.83. The molecule has 0 unspecified atom stereocenters. The lowest BCUT2D eigenvalue weighted by Crippen LogP contribution is -2.37. The molecule has 1 fully saturated rings. The Bertz CT molecular complexity index is 684. The van der Waals surface area contributed by atoms with Crippen LogP contribution in [0.1, 0.15) is 16.1 Å². The molecule has 126 valence electrons. The number of amides is 1. The van der Waals surface area contributed by atoms with Gasteiger partial charge in [-0.3, -0.25) is 4.79 Å². The van der Waals surface area contributed by atoms with E-state index in [0.29, 0.717) is 31.3 Å². The maximum Gasteiger partial charge on any atom is 0.251 e. The van der Waals surface area contributed by atoms with Crippen molar-refractivity contribution >= 4 is 11.9 Å². The van der Waals surface area contributed by atoms with Gasteiger partial charge < -0.3 is 19.7 Å². The second-order valence-electron chi connectivity index (χ2n) is 5.36. The van der Waals surface area contributed by atoms with Crippen molar-refractivity contribution in [3.05, 3.63) is 47.8 Å². The highest BCUT2D eigenvalue weighted by Gasteiger charge is 2.14. The Morgan fingerprint density at radius 1 is 1.25 bits per heavy atom. The molecule has 3 rings (SSSR count). The summed E-state index contributed by atoms with van der Waals surface area (Å²) in [5.74, 6) is 1.25. The Hall–Kier alpha value is -2.67. The minimum Gasteiger partial charge on any atom is -0.497 e. The molecule has 0 bridgehead atoms. The van der Waals surface area contributed by atoms with Gasteiger partial charge in [0.25, 0.3) is 5.91 Å². The van der Waals surface area contributed by atoms with E-state index in [-0.39, 0.29) is 5.91 Å². The molecule has 1 aromatic carbocycles. The van der Waals surface area contributed by atoms with Crippen LogP contribution in [0.3, 0.4) is 0 Å². The molecule has 0 spiro atoms. The van der Waals surface area contributed by atoms with Crippen LogP contribution in [0.25, 0.3) is 0 Å². The summed E-state index contributed by atoms with van der Waals surface area (Å²) >= 11 is 0. The maximum atomic E-state index is 12.2. The Balaban J connectivity index is 1.60. The fraction of sp³-hybridized carbons (Fsp3) is 0.353. The number of carbonyl (C=O) groups excluding carboxylic acids is 1. The molecule has 0 saturated carbocycles. The van der Waals surface area contributed by atoms with Gasteiger partial charge in [-0.2, -0.15) is 0 Å². The largest absolute Gasteiger partial charge is 0.497 e. The summed E-state index contributed by atoms with van der Waals surface area (Å²) in [6, 6.07) is 8.78. The van der Waals surface area contributed by atoms with Crippen LogP contribution in [-0.2, 0) is 11.3 Å². The second-order valence-corrected chi connectivity index (χ2v) is 5.36. The Kier molecular flexibility index (Phi) is 5.22. The highest BCUT2D eigenvalue weighted by molar-refractivity contribution is 5.94. The van der Waals surface area contributed by atoms with Gasteiger partial charge >= 0.3 is 0 Å². The van der Waals surface area contributed by atoms with Crippen LogP contribution in [0.5, 0.6) is 5.75 Å². The molecule has 1 aliphatic rings. The van der Waals surface area contributed by atoms with E-state index in [2.05, 4.69) is 20.2 Å². The Labute approximate surface area is 140 Å². The highest BCUT2D eigenvalue weighted by Crippen LogP contribution is 2.12. The van der Waals surface area contributed by atoms with Crippen LogP contribution in [0.15, 0.2) is 36.5 Å². The van der Waals surface area contributed by atoms with E-state index in [1.54, 1.807) is 43.6 Å². The number of morpholine rings is 1. The lowest BCUT2D eigenvalue weighted by molar-refractivity contribution is 0.0950. The number of nitrogens with one attached hydrogen (secondary N) is 1. The van der Waals surface area contributed by atoms with Crippen LogP contribution in [0.2, 0.25) is 0 Å². The van der Waals surface area contributed by atoms with Crippen molar-refractivity contribution in [1.29, 1.82) is 0 Å². The molecule has 0 aliphatic carbocycles. The van der Waals surface area contributed by atoms with Crippen LogP contribution >= 0.6 is 0 Å². The zero-order chi connectivity index (χ0) is 16.8. The first-order valence-corrected chi connectivity index (χ1v) is 7.83. The van der Waals surface area contributed by atoms with Crippen LogP contribution in [-0.4, -0.2) is 49.3 Å². The molecule has 1 saturated heterocycles. The summed E-state index contributed by atoms with van der Waals surface area (Å²) in [5.41, 5.74) is 1.35. The number of methoxy groups -OCH3 is 1. The number of hydrogen-bond acceptors (Lipinski definition) is 6. The van der Waals surface area contributed by atoms with Gasteiger partial charge in [0.1, 0.15) is 5.75 Å². The summed E-state index contributed by atoms with van der Waals surface area (Å²) < 4.78 is 10.4. The van der Waals surface area contributed by atoms with Crippen molar-refractivity contribution in [2.24, 2.45) is 0 Å². The monoisotopic (exact) mass is 328 g/mol. The summed E-state index contributed by atoms with van der Waals surface area (Å²) in [7, 11) is 1.59. The molecule has 1 N–H and O–H groups in total. The summed E-state index contributed by atoms with van der Waals surface area (Å²) in [4.78, 5) is 23.1. The molecule has 7 heteroatoms. The molecule has 1 aliphatic heterocycles. The molecule has 24 heavy (non-hydrogen) atoms. The van der Waals surface area contributed by atoms with Gasteiger partial charge in [0, 0.05) is 24.8 Å². The lowest BCUT2D eigenvalue weighted by Gasteiger charge is -2.26. The number of carbonyl (C=O) groups is 1. The first-order chi connectivity index (χ1) is 11.8. The number of rotatable bonds is 5. The average molecular weight is 328 g/mol.